The van der Waals surface area contributed by atoms with Crippen LogP contribution in [0.5, 0.6) is 5.75 Å². The van der Waals surface area contributed by atoms with Crippen LogP contribution in [-0.2, 0) is 10.0 Å². The Balaban J connectivity index is 1.84. The molecule has 5 nitrogen and oxygen atoms in total. The van der Waals surface area contributed by atoms with E-state index in [9.17, 15) is 8.42 Å². The van der Waals surface area contributed by atoms with Gasteiger partial charge in [0, 0.05) is 10.8 Å². The minimum atomic E-state index is -3.69. The molecule has 0 amide bonds. The van der Waals surface area contributed by atoms with Gasteiger partial charge in [-0.05, 0) is 54.8 Å². The zero-order chi connectivity index (χ0) is 19.3. The van der Waals surface area contributed by atoms with Gasteiger partial charge in [0.2, 0.25) is 10.0 Å². The summed E-state index contributed by atoms with van der Waals surface area (Å²) in [5.74, 6) is 0.748. The van der Waals surface area contributed by atoms with E-state index >= 15 is 0 Å². The lowest BCUT2D eigenvalue weighted by molar-refractivity contribution is 0.271. The van der Waals surface area contributed by atoms with Crippen molar-refractivity contribution in [1.29, 1.82) is 0 Å². The van der Waals surface area contributed by atoms with Crippen molar-refractivity contribution < 1.29 is 13.2 Å². The summed E-state index contributed by atoms with van der Waals surface area (Å²) >= 11 is 1.54. The van der Waals surface area contributed by atoms with E-state index in [1.165, 1.54) is 11.3 Å². The molecule has 0 radical (unpaired) electrons. The fourth-order valence-electron chi connectivity index (χ4n) is 3.01. The lowest BCUT2D eigenvalue weighted by atomic mass is 10.1. The highest BCUT2D eigenvalue weighted by atomic mass is 32.2. The quantitative estimate of drug-likeness (QED) is 0.570. The summed E-state index contributed by atoms with van der Waals surface area (Å²) in [6, 6.07) is 12.6. The highest BCUT2D eigenvalue weighted by Crippen LogP contribution is 2.26. The molecule has 144 valence electrons. The van der Waals surface area contributed by atoms with Crippen molar-refractivity contribution >= 4 is 32.1 Å². The fourth-order valence-corrected chi connectivity index (χ4v) is 5.05. The standard InChI is InChI=1S/C20H24N2O3S2/c1-15-8-9-20(19-7-3-2-6-18(15)19)27(23,24)22-16(5-4-11-21)13-25-17-10-12-26-14-17/h2-3,6-10,12,14,16,22H,4-5,11,13,21H2,1H3/t16-/m0/s1. The summed E-state index contributed by atoms with van der Waals surface area (Å²) in [4.78, 5) is 0.289. The summed E-state index contributed by atoms with van der Waals surface area (Å²) < 4.78 is 34.7. The average molecular weight is 405 g/mol. The number of hydrogen-bond donors (Lipinski definition) is 2. The number of rotatable bonds is 9. The lowest BCUT2D eigenvalue weighted by Gasteiger charge is -2.20. The number of thiophene rings is 1. The highest BCUT2D eigenvalue weighted by molar-refractivity contribution is 7.89. The van der Waals surface area contributed by atoms with Gasteiger partial charge < -0.3 is 10.5 Å². The molecule has 27 heavy (non-hydrogen) atoms. The molecule has 3 N–H and O–H groups in total. The monoisotopic (exact) mass is 404 g/mol. The van der Waals surface area contributed by atoms with Crippen molar-refractivity contribution in [3.05, 3.63) is 58.8 Å². The molecule has 3 rings (SSSR count). The average Bonchev–Trinajstić information content (AvgIpc) is 3.18. The number of benzene rings is 2. The Kier molecular flexibility index (Phi) is 6.49. The topological polar surface area (TPSA) is 81.4 Å². The molecule has 0 bridgehead atoms. The number of nitrogens with one attached hydrogen (secondary N) is 1. The molecule has 0 unspecified atom stereocenters. The molecule has 1 aromatic heterocycles. The van der Waals surface area contributed by atoms with E-state index in [1.807, 2.05) is 54.1 Å². The third-order valence-electron chi connectivity index (χ3n) is 4.42. The molecule has 1 atom stereocenters. The largest absolute Gasteiger partial charge is 0.491 e. The molecule has 0 aliphatic heterocycles. The van der Waals surface area contributed by atoms with Gasteiger partial charge in [-0.15, -0.1) is 11.3 Å². The molecule has 0 aliphatic rings. The van der Waals surface area contributed by atoms with Crippen molar-refractivity contribution in [3.63, 3.8) is 0 Å². The summed E-state index contributed by atoms with van der Waals surface area (Å²) in [6.07, 6.45) is 1.33. The van der Waals surface area contributed by atoms with Crippen molar-refractivity contribution in [2.45, 2.75) is 30.7 Å². The number of hydrogen-bond acceptors (Lipinski definition) is 5. The first-order valence-corrected chi connectivity index (χ1v) is 11.3. The van der Waals surface area contributed by atoms with E-state index < -0.39 is 10.0 Å². The van der Waals surface area contributed by atoms with Crippen LogP contribution in [0.3, 0.4) is 0 Å². The Hall–Kier alpha value is -1.93. The van der Waals surface area contributed by atoms with Crippen LogP contribution in [0.15, 0.2) is 58.1 Å². The molecule has 0 aliphatic carbocycles. The Bertz CT molecular complexity index is 986. The third-order valence-corrected chi connectivity index (χ3v) is 6.66. The number of nitrogens with two attached hydrogens (primary N) is 1. The maximum Gasteiger partial charge on any atom is 0.241 e. The van der Waals surface area contributed by atoms with E-state index in [0.29, 0.717) is 13.0 Å². The maximum atomic E-state index is 13.1. The van der Waals surface area contributed by atoms with Gasteiger partial charge in [-0.3, -0.25) is 0 Å². The first-order valence-electron chi connectivity index (χ1n) is 8.87. The summed E-state index contributed by atoms with van der Waals surface area (Å²) in [6.45, 7) is 2.74. The van der Waals surface area contributed by atoms with Crippen LogP contribution in [0.4, 0.5) is 0 Å². The first kappa shape index (κ1) is 19.8. The predicted molar refractivity (Wildman–Crippen MR) is 111 cm³/mol. The molecule has 0 saturated heterocycles. The van der Waals surface area contributed by atoms with Gasteiger partial charge in [-0.2, -0.15) is 0 Å². The second-order valence-electron chi connectivity index (χ2n) is 6.45. The van der Waals surface area contributed by atoms with Gasteiger partial charge >= 0.3 is 0 Å². The van der Waals surface area contributed by atoms with Crippen molar-refractivity contribution in [1.82, 2.24) is 4.72 Å². The van der Waals surface area contributed by atoms with Crippen molar-refractivity contribution in [2.24, 2.45) is 5.73 Å². The maximum absolute atomic E-state index is 13.1. The molecular formula is C20H24N2O3S2. The Labute approximate surface area is 164 Å². The summed E-state index contributed by atoms with van der Waals surface area (Å²) in [5, 5.41) is 5.48. The van der Waals surface area contributed by atoms with E-state index in [0.717, 1.165) is 28.5 Å². The van der Waals surface area contributed by atoms with Gasteiger partial charge in [0.25, 0.3) is 0 Å². The predicted octanol–water partition coefficient (Wildman–Crippen LogP) is 3.67. The van der Waals surface area contributed by atoms with Crippen LogP contribution in [-0.4, -0.2) is 27.6 Å². The molecule has 1 heterocycles. The van der Waals surface area contributed by atoms with E-state index in [2.05, 4.69) is 4.72 Å². The van der Waals surface area contributed by atoms with Gasteiger partial charge in [-0.1, -0.05) is 30.3 Å². The van der Waals surface area contributed by atoms with Gasteiger partial charge in [-0.25, -0.2) is 13.1 Å². The number of aryl methyl sites for hydroxylation is 1. The van der Waals surface area contributed by atoms with Crippen molar-refractivity contribution in [2.75, 3.05) is 13.2 Å². The van der Waals surface area contributed by atoms with E-state index in [-0.39, 0.29) is 17.5 Å². The van der Waals surface area contributed by atoms with Gasteiger partial charge in [0.05, 0.1) is 10.9 Å². The first-order chi connectivity index (χ1) is 13.0. The van der Waals surface area contributed by atoms with Crippen molar-refractivity contribution in [3.8, 4) is 5.75 Å². The van der Waals surface area contributed by atoms with Crippen LogP contribution >= 0.6 is 11.3 Å². The molecule has 0 saturated carbocycles. The molecule has 0 fully saturated rings. The van der Waals surface area contributed by atoms with Crippen LogP contribution in [0.1, 0.15) is 18.4 Å². The van der Waals surface area contributed by atoms with Crippen LogP contribution < -0.4 is 15.2 Å². The molecule has 2 aromatic carbocycles. The molecule has 3 aromatic rings. The fraction of sp³-hybridized carbons (Fsp3) is 0.300. The van der Waals surface area contributed by atoms with Gasteiger partial charge in [0.1, 0.15) is 12.4 Å². The minimum Gasteiger partial charge on any atom is -0.491 e. The lowest BCUT2D eigenvalue weighted by Crippen LogP contribution is -2.39. The molecule has 0 spiro atoms. The minimum absolute atomic E-state index is 0.264. The zero-order valence-corrected chi connectivity index (χ0v) is 16.9. The second kappa shape index (κ2) is 8.84. The van der Waals surface area contributed by atoms with Crippen LogP contribution in [0.25, 0.3) is 10.8 Å². The number of fused-ring (bicyclic) bond motifs is 1. The summed E-state index contributed by atoms with van der Waals surface area (Å²) in [7, 11) is -3.69. The Morgan fingerprint density at radius 1 is 1.15 bits per heavy atom. The number of ether oxygens (including phenoxy) is 1. The van der Waals surface area contributed by atoms with Crippen LogP contribution in [0.2, 0.25) is 0 Å². The molecular weight excluding hydrogens is 380 g/mol. The Morgan fingerprint density at radius 3 is 2.63 bits per heavy atom. The number of sulfonamides is 1. The zero-order valence-electron chi connectivity index (χ0n) is 15.2. The normalized spacial score (nSPS) is 13.0. The SMILES string of the molecule is Cc1ccc(S(=O)(=O)N[C@@H](CCCN)COc2ccsc2)c2ccccc12. The highest BCUT2D eigenvalue weighted by Gasteiger charge is 2.23. The smallest absolute Gasteiger partial charge is 0.241 e. The van der Waals surface area contributed by atoms with Gasteiger partial charge in [0.15, 0.2) is 0 Å². The Morgan fingerprint density at radius 2 is 1.93 bits per heavy atom. The van der Waals surface area contributed by atoms with Crippen LogP contribution in [0, 0.1) is 6.92 Å². The second-order valence-corrected chi connectivity index (χ2v) is 8.91. The third kappa shape index (κ3) is 4.87. The van der Waals surface area contributed by atoms with E-state index in [4.69, 9.17) is 10.5 Å². The molecule has 7 heteroatoms. The summed E-state index contributed by atoms with van der Waals surface area (Å²) in [5.41, 5.74) is 6.66. The van der Waals surface area contributed by atoms with E-state index in [1.54, 1.807) is 6.07 Å².